The summed E-state index contributed by atoms with van der Waals surface area (Å²) in [4.78, 5) is 17.4. The van der Waals surface area contributed by atoms with Crippen LogP contribution in [0.5, 0.6) is 0 Å². The zero-order valence-corrected chi connectivity index (χ0v) is 15.0. The van der Waals surface area contributed by atoms with Crippen LogP contribution in [0.1, 0.15) is 36.8 Å². The molecule has 134 valence electrons. The summed E-state index contributed by atoms with van der Waals surface area (Å²) in [5, 5.41) is 8.87. The number of carbonyl (C=O) groups excluding carboxylic acids is 1. The smallest absolute Gasteiger partial charge is 0.228 e. The molecule has 2 fully saturated rings. The van der Waals surface area contributed by atoms with Crippen LogP contribution in [0.15, 0.2) is 24.3 Å². The molecule has 1 saturated heterocycles. The lowest BCUT2D eigenvalue weighted by Gasteiger charge is -2.45. The molecule has 5 nitrogen and oxygen atoms in total. The van der Waals surface area contributed by atoms with E-state index in [4.69, 9.17) is 10.00 Å². The molecule has 1 aromatic carbocycles. The average molecular weight is 341 g/mol. The molecule has 25 heavy (non-hydrogen) atoms. The molecular weight excluding hydrogens is 314 g/mol. The van der Waals surface area contributed by atoms with Crippen LogP contribution < -0.4 is 0 Å². The standard InChI is InChI=1S/C20H27N3O2/c1-25-14-9-20(7-2-8-20)19(24)23-12-10-22(11-13-23)16-18-5-3-17(15-21)4-6-18/h3-6H,2,7-14,16H2,1H3. The maximum Gasteiger partial charge on any atom is 0.228 e. The molecule has 1 aliphatic carbocycles. The minimum absolute atomic E-state index is 0.148. The molecule has 1 aliphatic heterocycles. The highest BCUT2D eigenvalue weighted by molar-refractivity contribution is 5.83. The van der Waals surface area contributed by atoms with Gasteiger partial charge in [0, 0.05) is 46.4 Å². The number of methoxy groups -OCH3 is 1. The lowest BCUT2D eigenvalue weighted by molar-refractivity contribution is -0.151. The Kier molecular flexibility index (Phi) is 5.72. The second-order valence-corrected chi connectivity index (χ2v) is 7.25. The Morgan fingerprint density at radius 3 is 2.40 bits per heavy atom. The number of hydrogen-bond acceptors (Lipinski definition) is 4. The zero-order valence-electron chi connectivity index (χ0n) is 15.0. The van der Waals surface area contributed by atoms with Crippen LogP contribution in [0, 0.1) is 16.7 Å². The van der Waals surface area contributed by atoms with Gasteiger partial charge in [0.1, 0.15) is 0 Å². The maximum absolute atomic E-state index is 13.0. The van der Waals surface area contributed by atoms with Gasteiger partial charge in [-0.05, 0) is 37.0 Å². The van der Waals surface area contributed by atoms with Crippen LogP contribution in [0.3, 0.4) is 0 Å². The predicted octanol–water partition coefficient (Wildman–Crippen LogP) is 2.41. The first-order valence-electron chi connectivity index (χ1n) is 9.16. The number of nitriles is 1. The van der Waals surface area contributed by atoms with E-state index >= 15 is 0 Å². The van der Waals surface area contributed by atoms with Crippen molar-refractivity contribution in [3.63, 3.8) is 0 Å². The molecular formula is C20H27N3O2. The Morgan fingerprint density at radius 2 is 1.88 bits per heavy atom. The lowest BCUT2D eigenvalue weighted by atomic mass is 9.65. The number of nitrogens with zero attached hydrogens (tertiary/aromatic N) is 3. The molecule has 0 N–H and O–H groups in total. The SMILES string of the molecule is COCCC1(C(=O)N2CCN(Cc3ccc(C#N)cc3)CC2)CCC1. The quantitative estimate of drug-likeness (QED) is 0.797. The maximum atomic E-state index is 13.0. The minimum Gasteiger partial charge on any atom is -0.385 e. The fraction of sp³-hybridized carbons (Fsp3) is 0.600. The van der Waals surface area contributed by atoms with E-state index in [1.165, 1.54) is 5.56 Å². The fourth-order valence-electron chi connectivity index (χ4n) is 3.86. The number of amides is 1. The summed E-state index contributed by atoms with van der Waals surface area (Å²) < 4.78 is 5.21. The van der Waals surface area contributed by atoms with E-state index in [1.54, 1.807) is 7.11 Å². The van der Waals surface area contributed by atoms with Crippen LogP contribution in [0.25, 0.3) is 0 Å². The monoisotopic (exact) mass is 341 g/mol. The Labute approximate surface area is 150 Å². The third kappa shape index (κ3) is 4.02. The largest absolute Gasteiger partial charge is 0.385 e. The normalized spacial score (nSPS) is 19.9. The molecule has 0 radical (unpaired) electrons. The zero-order chi connectivity index (χ0) is 17.7. The highest BCUT2D eigenvalue weighted by Gasteiger charge is 2.46. The molecule has 1 saturated carbocycles. The fourth-order valence-corrected chi connectivity index (χ4v) is 3.86. The molecule has 1 amide bonds. The van der Waals surface area contributed by atoms with Crippen molar-refractivity contribution in [2.45, 2.75) is 32.2 Å². The molecule has 2 aliphatic rings. The van der Waals surface area contributed by atoms with Crippen LogP contribution in [0.2, 0.25) is 0 Å². The molecule has 0 bridgehead atoms. The van der Waals surface area contributed by atoms with Crippen molar-refractivity contribution in [1.82, 2.24) is 9.80 Å². The topological polar surface area (TPSA) is 56.6 Å². The van der Waals surface area contributed by atoms with Crippen molar-refractivity contribution in [3.05, 3.63) is 35.4 Å². The summed E-state index contributed by atoms with van der Waals surface area (Å²) in [7, 11) is 1.71. The molecule has 1 heterocycles. The molecule has 3 rings (SSSR count). The molecule has 0 aromatic heterocycles. The number of piperazine rings is 1. The van der Waals surface area contributed by atoms with E-state index in [9.17, 15) is 4.79 Å². The number of hydrogen-bond donors (Lipinski definition) is 0. The first kappa shape index (κ1) is 17.9. The third-order valence-corrected chi connectivity index (χ3v) is 5.70. The van der Waals surface area contributed by atoms with Gasteiger partial charge < -0.3 is 9.64 Å². The van der Waals surface area contributed by atoms with Crippen molar-refractivity contribution in [1.29, 1.82) is 5.26 Å². The van der Waals surface area contributed by atoms with Gasteiger partial charge in [-0.2, -0.15) is 5.26 Å². The van der Waals surface area contributed by atoms with E-state index in [-0.39, 0.29) is 5.41 Å². The van der Waals surface area contributed by atoms with Gasteiger partial charge in [0.2, 0.25) is 5.91 Å². The van der Waals surface area contributed by atoms with Gasteiger partial charge in [-0.15, -0.1) is 0 Å². The van der Waals surface area contributed by atoms with Crippen LogP contribution >= 0.6 is 0 Å². The molecule has 0 unspecified atom stereocenters. The highest BCUT2D eigenvalue weighted by Crippen LogP contribution is 2.45. The van der Waals surface area contributed by atoms with Crippen molar-refractivity contribution < 1.29 is 9.53 Å². The van der Waals surface area contributed by atoms with Crippen molar-refractivity contribution in [2.75, 3.05) is 39.9 Å². The number of benzene rings is 1. The van der Waals surface area contributed by atoms with Crippen LogP contribution in [-0.2, 0) is 16.1 Å². The van der Waals surface area contributed by atoms with E-state index in [1.807, 2.05) is 24.3 Å². The summed E-state index contributed by atoms with van der Waals surface area (Å²) in [5.41, 5.74) is 1.76. The Bertz CT molecular complexity index is 623. The second-order valence-electron chi connectivity index (χ2n) is 7.25. The van der Waals surface area contributed by atoms with E-state index in [0.29, 0.717) is 18.1 Å². The predicted molar refractivity (Wildman–Crippen MR) is 95.8 cm³/mol. The first-order valence-corrected chi connectivity index (χ1v) is 9.16. The molecule has 1 aromatic rings. The van der Waals surface area contributed by atoms with E-state index in [0.717, 1.165) is 58.4 Å². The highest BCUT2D eigenvalue weighted by atomic mass is 16.5. The van der Waals surface area contributed by atoms with Gasteiger partial charge in [-0.1, -0.05) is 18.6 Å². The van der Waals surface area contributed by atoms with Gasteiger partial charge in [0.25, 0.3) is 0 Å². The summed E-state index contributed by atoms with van der Waals surface area (Å²) in [6.45, 7) is 4.98. The number of ether oxygens (including phenoxy) is 1. The average Bonchev–Trinajstić information content (AvgIpc) is 2.62. The first-order chi connectivity index (χ1) is 12.2. The van der Waals surface area contributed by atoms with E-state index < -0.39 is 0 Å². The van der Waals surface area contributed by atoms with Gasteiger partial charge >= 0.3 is 0 Å². The lowest BCUT2D eigenvalue weighted by Crippen LogP contribution is -2.55. The Morgan fingerprint density at radius 1 is 1.20 bits per heavy atom. The summed E-state index contributed by atoms with van der Waals surface area (Å²) in [5.74, 6) is 0.342. The van der Waals surface area contributed by atoms with Gasteiger partial charge in [-0.25, -0.2) is 0 Å². The Balaban J connectivity index is 1.51. The number of carbonyl (C=O) groups is 1. The van der Waals surface area contributed by atoms with Crippen molar-refractivity contribution in [2.24, 2.45) is 5.41 Å². The third-order valence-electron chi connectivity index (χ3n) is 5.70. The van der Waals surface area contributed by atoms with Gasteiger partial charge in [0.05, 0.1) is 17.0 Å². The van der Waals surface area contributed by atoms with E-state index in [2.05, 4.69) is 15.9 Å². The number of rotatable bonds is 6. The molecule has 0 atom stereocenters. The van der Waals surface area contributed by atoms with Crippen LogP contribution in [0.4, 0.5) is 0 Å². The Hall–Kier alpha value is -1.90. The molecule has 5 heteroatoms. The van der Waals surface area contributed by atoms with Crippen LogP contribution in [-0.4, -0.2) is 55.6 Å². The van der Waals surface area contributed by atoms with Gasteiger partial charge in [-0.3, -0.25) is 9.69 Å². The van der Waals surface area contributed by atoms with Gasteiger partial charge in [0.15, 0.2) is 0 Å². The van der Waals surface area contributed by atoms with Crippen molar-refractivity contribution >= 4 is 5.91 Å². The second kappa shape index (κ2) is 7.99. The minimum atomic E-state index is -0.148. The summed E-state index contributed by atoms with van der Waals surface area (Å²) >= 11 is 0. The van der Waals surface area contributed by atoms with Crippen molar-refractivity contribution in [3.8, 4) is 6.07 Å². The summed E-state index contributed by atoms with van der Waals surface area (Å²) in [6.07, 6.45) is 4.04. The molecule has 0 spiro atoms. The summed E-state index contributed by atoms with van der Waals surface area (Å²) in [6, 6.07) is 9.92.